The smallest absolute Gasteiger partial charge is 0.242 e. The highest BCUT2D eigenvalue weighted by molar-refractivity contribution is 7.89. The summed E-state index contributed by atoms with van der Waals surface area (Å²) in [7, 11) is -1.98. The number of benzene rings is 2. The Balaban J connectivity index is 1.83. The average Bonchev–Trinajstić information content (AvgIpc) is 2.68. The predicted molar refractivity (Wildman–Crippen MR) is 117 cm³/mol. The van der Waals surface area contributed by atoms with Gasteiger partial charge in [0.25, 0.3) is 0 Å². The topological polar surface area (TPSA) is 66.5 Å². The van der Waals surface area contributed by atoms with Crippen molar-refractivity contribution in [2.24, 2.45) is 0 Å². The Morgan fingerprint density at radius 3 is 2.17 bits per heavy atom. The minimum atomic E-state index is -3.52. The molecule has 0 bridgehead atoms. The van der Waals surface area contributed by atoms with Gasteiger partial charge in [-0.3, -0.25) is 4.79 Å². The molecule has 2 aromatic rings. The van der Waals surface area contributed by atoms with E-state index >= 15 is 0 Å². The number of rotatable bonds is 8. The molecular formula is C23H32N2O3S. The number of carbonyl (C=O) groups excluding carboxylic acids is 1. The molecule has 0 saturated carbocycles. The zero-order valence-electron chi connectivity index (χ0n) is 18.0. The van der Waals surface area contributed by atoms with Crippen LogP contribution in [0.3, 0.4) is 0 Å². The Labute approximate surface area is 175 Å². The third-order valence-corrected chi connectivity index (χ3v) is 6.85. The van der Waals surface area contributed by atoms with E-state index in [0.717, 1.165) is 5.56 Å². The van der Waals surface area contributed by atoms with E-state index < -0.39 is 10.0 Å². The summed E-state index contributed by atoms with van der Waals surface area (Å²) in [6, 6.07) is 16.5. The first kappa shape index (κ1) is 23.1. The van der Waals surface area contributed by atoms with E-state index in [4.69, 9.17) is 0 Å². The van der Waals surface area contributed by atoms with Crippen molar-refractivity contribution < 1.29 is 13.2 Å². The summed E-state index contributed by atoms with van der Waals surface area (Å²) in [6.45, 7) is 8.75. The second kappa shape index (κ2) is 9.55. The van der Waals surface area contributed by atoms with Gasteiger partial charge in [-0.05, 0) is 42.0 Å². The van der Waals surface area contributed by atoms with Crippen molar-refractivity contribution in [1.82, 2.24) is 9.62 Å². The molecule has 6 heteroatoms. The lowest BCUT2D eigenvalue weighted by Crippen LogP contribution is -2.30. The van der Waals surface area contributed by atoms with Gasteiger partial charge < -0.3 is 5.32 Å². The summed E-state index contributed by atoms with van der Waals surface area (Å²) in [5, 5.41) is 2.99. The van der Waals surface area contributed by atoms with Crippen molar-refractivity contribution in [1.29, 1.82) is 0 Å². The Morgan fingerprint density at radius 2 is 1.62 bits per heavy atom. The number of nitrogens with zero attached hydrogens (tertiary/aromatic N) is 1. The van der Waals surface area contributed by atoms with Crippen LogP contribution in [0.25, 0.3) is 0 Å². The van der Waals surface area contributed by atoms with Gasteiger partial charge in [-0.2, -0.15) is 0 Å². The van der Waals surface area contributed by atoms with E-state index in [1.54, 1.807) is 37.4 Å². The molecule has 0 aliphatic heterocycles. The van der Waals surface area contributed by atoms with Crippen LogP contribution < -0.4 is 5.32 Å². The quantitative estimate of drug-likeness (QED) is 0.699. The van der Waals surface area contributed by atoms with Crippen LogP contribution in [0.2, 0.25) is 0 Å². The lowest BCUT2D eigenvalue weighted by Gasteiger charge is -2.21. The van der Waals surface area contributed by atoms with Gasteiger partial charge in [0, 0.05) is 20.0 Å². The van der Waals surface area contributed by atoms with Crippen molar-refractivity contribution >= 4 is 15.9 Å². The molecule has 0 radical (unpaired) electrons. The van der Waals surface area contributed by atoms with Crippen LogP contribution >= 0.6 is 0 Å². The maximum Gasteiger partial charge on any atom is 0.242 e. The second-order valence-corrected chi connectivity index (χ2v) is 10.4. The van der Waals surface area contributed by atoms with Crippen LogP contribution in [0.5, 0.6) is 0 Å². The standard InChI is InChI=1S/C23H32N2O3S/c1-18(19-13-15-20(16-14-19)23(2,3)4)24-22(26)12-9-17-25(5)29(27,28)21-10-7-6-8-11-21/h6-8,10-11,13-16,18H,9,12,17H2,1-5H3,(H,24,26). The molecular weight excluding hydrogens is 384 g/mol. The SMILES string of the molecule is CC(NC(=O)CCCN(C)S(=O)(=O)c1ccccc1)c1ccc(C(C)(C)C)cc1. The van der Waals surface area contributed by atoms with Gasteiger partial charge in [-0.1, -0.05) is 63.2 Å². The van der Waals surface area contributed by atoms with E-state index in [0.29, 0.717) is 13.0 Å². The van der Waals surface area contributed by atoms with Crippen LogP contribution in [0.1, 0.15) is 57.7 Å². The molecule has 2 aromatic carbocycles. The van der Waals surface area contributed by atoms with Crippen LogP contribution in [0.4, 0.5) is 0 Å². The average molecular weight is 417 g/mol. The summed E-state index contributed by atoms with van der Waals surface area (Å²) < 4.78 is 26.3. The van der Waals surface area contributed by atoms with Crippen molar-refractivity contribution in [3.05, 3.63) is 65.7 Å². The number of nitrogens with one attached hydrogen (secondary N) is 1. The van der Waals surface area contributed by atoms with Crippen molar-refractivity contribution in [3.8, 4) is 0 Å². The lowest BCUT2D eigenvalue weighted by atomic mass is 9.86. The summed E-state index contributed by atoms with van der Waals surface area (Å²) in [5.74, 6) is -0.0806. The first-order chi connectivity index (χ1) is 13.5. The minimum Gasteiger partial charge on any atom is -0.350 e. The monoisotopic (exact) mass is 416 g/mol. The molecule has 1 unspecified atom stereocenters. The zero-order valence-corrected chi connectivity index (χ0v) is 18.8. The maximum absolute atomic E-state index is 12.5. The van der Waals surface area contributed by atoms with E-state index in [1.807, 2.05) is 19.1 Å². The van der Waals surface area contributed by atoms with Gasteiger partial charge >= 0.3 is 0 Å². The van der Waals surface area contributed by atoms with Gasteiger partial charge in [0.15, 0.2) is 0 Å². The molecule has 0 aromatic heterocycles. The molecule has 5 nitrogen and oxygen atoms in total. The third kappa shape index (κ3) is 6.41. The Bertz CT molecular complexity index is 901. The highest BCUT2D eigenvalue weighted by Crippen LogP contribution is 2.24. The third-order valence-electron chi connectivity index (χ3n) is 4.98. The Kier molecular flexibility index (Phi) is 7.60. The molecule has 0 spiro atoms. The number of amides is 1. The maximum atomic E-state index is 12.5. The first-order valence-corrected chi connectivity index (χ1v) is 11.4. The summed E-state index contributed by atoms with van der Waals surface area (Å²) in [5.41, 5.74) is 2.40. The van der Waals surface area contributed by atoms with Gasteiger partial charge in [-0.25, -0.2) is 12.7 Å². The molecule has 0 aliphatic rings. The van der Waals surface area contributed by atoms with E-state index in [-0.39, 0.29) is 28.7 Å². The number of sulfonamides is 1. The molecule has 1 amide bonds. The normalized spacial score (nSPS) is 13.3. The highest BCUT2D eigenvalue weighted by atomic mass is 32.2. The fourth-order valence-electron chi connectivity index (χ4n) is 3.02. The Morgan fingerprint density at radius 1 is 1.03 bits per heavy atom. The van der Waals surface area contributed by atoms with Crippen LogP contribution in [0.15, 0.2) is 59.5 Å². The number of carbonyl (C=O) groups is 1. The zero-order chi connectivity index (χ0) is 21.7. The predicted octanol–water partition coefficient (Wildman–Crippen LogP) is 4.26. The molecule has 0 aliphatic carbocycles. The summed E-state index contributed by atoms with van der Waals surface area (Å²) in [4.78, 5) is 12.5. The highest BCUT2D eigenvalue weighted by Gasteiger charge is 2.20. The second-order valence-electron chi connectivity index (χ2n) is 8.40. The Hall–Kier alpha value is -2.18. The first-order valence-electron chi connectivity index (χ1n) is 9.93. The minimum absolute atomic E-state index is 0.0806. The molecule has 158 valence electrons. The van der Waals surface area contributed by atoms with Gasteiger partial charge in [0.1, 0.15) is 0 Å². The largest absolute Gasteiger partial charge is 0.350 e. The van der Waals surface area contributed by atoms with E-state index in [2.05, 4.69) is 38.2 Å². The van der Waals surface area contributed by atoms with Crippen LogP contribution in [0, 0.1) is 0 Å². The van der Waals surface area contributed by atoms with E-state index in [9.17, 15) is 13.2 Å². The molecule has 2 rings (SSSR count). The number of hydrogen-bond acceptors (Lipinski definition) is 3. The lowest BCUT2D eigenvalue weighted by molar-refractivity contribution is -0.121. The molecule has 1 N–H and O–H groups in total. The fourth-order valence-corrected chi connectivity index (χ4v) is 4.25. The van der Waals surface area contributed by atoms with Gasteiger partial charge in [0.05, 0.1) is 10.9 Å². The van der Waals surface area contributed by atoms with Gasteiger partial charge in [0.2, 0.25) is 15.9 Å². The number of hydrogen-bond donors (Lipinski definition) is 1. The van der Waals surface area contributed by atoms with Crippen molar-refractivity contribution in [2.45, 2.75) is 56.9 Å². The summed E-state index contributed by atoms with van der Waals surface area (Å²) >= 11 is 0. The molecule has 1 atom stereocenters. The molecule has 0 fully saturated rings. The van der Waals surface area contributed by atoms with Gasteiger partial charge in [-0.15, -0.1) is 0 Å². The molecule has 0 saturated heterocycles. The van der Waals surface area contributed by atoms with Crippen LogP contribution in [-0.4, -0.2) is 32.2 Å². The fraction of sp³-hybridized carbons (Fsp3) is 0.435. The van der Waals surface area contributed by atoms with E-state index in [1.165, 1.54) is 9.87 Å². The van der Waals surface area contributed by atoms with Crippen molar-refractivity contribution in [2.75, 3.05) is 13.6 Å². The molecule has 0 heterocycles. The van der Waals surface area contributed by atoms with Crippen LogP contribution in [-0.2, 0) is 20.2 Å². The summed E-state index contributed by atoms with van der Waals surface area (Å²) in [6.07, 6.45) is 0.739. The van der Waals surface area contributed by atoms with Crippen molar-refractivity contribution in [3.63, 3.8) is 0 Å². The molecule has 29 heavy (non-hydrogen) atoms.